The number of carboxylic acids is 1. The van der Waals surface area contributed by atoms with Crippen molar-refractivity contribution in [3.8, 4) is 11.1 Å². The van der Waals surface area contributed by atoms with Crippen LogP contribution in [0.1, 0.15) is 10.4 Å². The highest BCUT2D eigenvalue weighted by Crippen LogP contribution is 2.36. The fourth-order valence-electron chi connectivity index (χ4n) is 1.60. The van der Waals surface area contributed by atoms with Crippen LogP contribution >= 0.6 is 39.1 Å². The molecule has 2 aromatic rings. The highest BCUT2D eigenvalue weighted by molar-refractivity contribution is 9.10. The second kappa shape index (κ2) is 5.49. The molecule has 0 aliphatic rings. The molecular formula is C13H6BrCl2FO2. The zero-order chi connectivity index (χ0) is 14.2. The van der Waals surface area contributed by atoms with Gasteiger partial charge >= 0.3 is 5.97 Å². The smallest absolute Gasteiger partial charge is 0.335 e. The molecule has 2 aromatic carbocycles. The Balaban J connectivity index is 2.60. The van der Waals surface area contributed by atoms with Crippen molar-refractivity contribution in [3.63, 3.8) is 0 Å². The molecule has 0 bridgehead atoms. The van der Waals surface area contributed by atoms with Crippen LogP contribution in [0.2, 0.25) is 10.0 Å². The average Bonchev–Trinajstić information content (AvgIpc) is 2.37. The van der Waals surface area contributed by atoms with E-state index in [4.69, 9.17) is 28.3 Å². The van der Waals surface area contributed by atoms with Crippen LogP contribution in [0.25, 0.3) is 11.1 Å². The van der Waals surface area contributed by atoms with Gasteiger partial charge in [0.05, 0.1) is 10.6 Å². The lowest BCUT2D eigenvalue weighted by Crippen LogP contribution is -1.96. The van der Waals surface area contributed by atoms with Crippen LogP contribution in [0.3, 0.4) is 0 Å². The molecule has 0 aliphatic carbocycles. The number of hydrogen-bond donors (Lipinski definition) is 1. The first kappa shape index (κ1) is 14.3. The van der Waals surface area contributed by atoms with Crippen LogP contribution < -0.4 is 0 Å². The molecule has 0 saturated heterocycles. The van der Waals surface area contributed by atoms with Gasteiger partial charge in [0, 0.05) is 20.6 Å². The van der Waals surface area contributed by atoms with Crippen molar-refractivity contribution in [1.82, 2.24) is 0 Å². The molecule has 19 heavy (non-hydrogen) atoms. The van der Waals surface area contributed by atoms with E-state index >= 15 is 0 Å². The van der Waals surface area contributed by atoms with E-state index in [1.54, 1.807) is 6.07 Å². The molecule has 0 saturated carbocycles. The van der Waals surface area contributed by atoms with Crippen LogP contribution in [0.4, 0.5) is 4.39 Å². The molecule has 0 unspecified atom stereocenters. The fraction of sp³-hybridized carbons (Fsp3) is 0. The number of carbonyl (C=O) groups is 1. The van der Waals surface area contributed by atoms with Gasteiger partial charge in [-0.1, -0.05) is 35.3 Å². The van der Waals surface area contributed by atoms with Crippen molar-refractivity contribution < 1.29 is 14.3 Å². The second-order valence-corrected chi connectivity index (χ2v) is 5.36. The maximum absolute atomic E-state index is 14.1. The Kier molecular flexibility index (Phi) is 4.13. The van der Waals surface area contributed by atoms with Crippen molar-refractivity contribution in [2.75, 3.05) is 0 Å². The molecule has 2 nitrogen and oxygen atoms in total. The van der Waals surface area contributed by atoms with Crippen molar-refractivity contribution in [3.05, 3.63) is 56.2 Å². The summed E-state index contributed by atoms with van der Waals surface area (Å²) in [5.74, 6) is -1.70. The van der Waals surface area contributed by atoms with Crippen molar-refractivity contribution in [1.29, 1.82) is 0 Å². The Labute approximate surface area is 126 Å². The topological polar surface area (TPSA) is 37.3 Å². The number of carboxylic acid groups (broad SMARTS) is 1. The monoisotopic (exact) mass is 362 g/mol. The van der Waals surface area contributed by atoms with Gasteiger partial charge in [-0.15, -0.1) is 0 Å². The van der Waals surface area contributed by atoms with Gasteiger partial charge in [0.1, 0.15) is 0 Å². The number of rotatable bonds is 2. The molecule has 0 radical (unpaired) electrons. The maximum atomic E-state index is 14.1. The van der Waals surface area contributed by atoms with E-state index in [2.05, 4.69) is 15.9 Å². The minimum Gasteiger partial charge on any atom is -0.478 e. The highest BCUT2D eigenvalue weighted by Gasteiger charge is 2.15. The first-order valence-electron chi connectivity index (χ1n) is 5.08. The summed E-state index contributed by atoms with van der Waals surface area (Å²) in [5.41, 5.74) is 0.645. The molecule has 0 atom stereocenters. The molecule has 0 aliphatic heterocycles. The first-order chi connectivity index (χ1) is 8.91. The fourth-order valence-corrected chi connectivity index (χ4v) is 2.35. The van der Waals surface area contributed by atoms with Gasteiger partial charge in [0.2, 0.25) is 0 Å². The van der Waals surface area contributed by atoms with Gasteiger partial charge < -0.3 is 5.11 Å². The highest BCUT2D eigenvalue weighted by atomic mass is 79.9. The van der Waals surface area contributed by atoms with Gasteiger partial charge in [-0.3, -0.25) is 0 Å². The van der Waals surface area contributed by atoms with Gasteiger partial charge in [0.15, 0.2) is 5.82 Å². The Hall–Kier alpha value is -1.10. The zero-order valence-corrected chi connectivity index (χ0v) is 12.4. The third kappa shape index (κ3) is 2.76. The third-order valence-electron chi connectivity index (χ3n) is 2.54. The van der Waals surface area contributed by atoms with Gasteiger partial charge in [-0.25, -0.2) is 9.18 Å². The van der Waals surface area contributed by atoms with E-state index in [0.717, 1.165) is 0 Å². The number of aromatic carboxylic acids is 1. The largest absolute Gasteiger partial charge is 0.478 e. The Morgan fingerprint density at radius 1 is 1.16 bits per heavy atom. The molecule has 0 amide bonds. The second-order valence-electron chi connectivity index (χ2n) is 3.72. The Morgan fingerprint density at radius 2 is 1.79 bits per heavy atom. The predicted molar refractivity (Wildman–Crippen MR) is 76.5 cm³/mol. The number of benzene rings is 2. The van der Waals surface area contributed by atoms with Gasteiger partial charge in [-0.05, 0) is 34.1 Å². The number of halogens is 4. The Morgan fingerprint density at radius 3 is 2.37 bits per heavy atom. The standard InChI is InChI=1S/C13H6BrCl2FO2/c14-9-4-3-8(12(17)11(9)16)7-2-1-6(13(18)19)5-10(7)15/h1-5H,(H,18,19). The van der Waals surface area contributed by atoms with Gasteiger partial charge in [0.25, 0.3) is 0 Å². The van der Waals surface area contributed by atoms with Crippen LogP contribution in [0.5, 0.6) is 0 Å². The molecule has 0 heterocycles. The lowest BCUT2D eigenvalue weighted by Gasteiger charge is -2.09. The van der Waals surface area contributed by atoms with E-state index in [1.165, 1.54) is 24.3 Å². The Bertz CT molecular complexity index is 674. The summed E-state index contributed by atoms with van der Waals surface area (Å²) in [6.45, 7) is 0. The molecular weight excluding hydrogens is 358 g/mol. The maximum Gasteiger partial charge on any atom is 0.335 e. The predicted octanol–water partition coefficient (Wildman–Crippen LogP) is 5.26. The average molecular weight is 364 g/mol. The molecule has 1 N–H and O–H groups in total. The lowest BCUT2D eigenvalue weighted by molar-refractivity contribution is 0.0697. The minimum absolute atomic E-state index is 0.0392. The first-order valence-corrected chi connectivity index (χ1v) is 6.63. The van der Waals surface area contributed by atoms with Crippen LogP contribution in [-0.4, -0.2) is 11.1 Å². The van der Waals surface area contributed by atoms with E-state index in [0.29, 0.717) is 10.0 Å². The van der Waals surface area contributed by atoms with Crippen molar-refractivity contribution in [2.24, 2.45) is 0 Å². The van der Waals surface area contributed by atoms with Crippen LogP contribution in [0, 0.1) is 5.82 Å². The molecule has 0 spiro atoms. The summed E-state index contributed by atoms with van der Waals surface area (Å²) >= 11 is 14.9. The normalized spacial score (nSPS) is 10.5. The van der Waals surface area contributed by atoms with Crippen molar-refractivity contribution >= 4 is 45.1 Å². The zero-order valence-electron chi connectivity index (χ0n) is 9.25. The molecule has 0 aromatic heterocycles. The van der Waals surface area contributed by atoms with Crippen molar-refractivity contribution in [2.45, 2.75) is 0 Å². The van der Waals surface area contributed by atoms with E-state index in [-0.39, 0.29) is 21.2 Å². The summed E-state index contributed by atoms with van der Waals surface area (Å²) in [6.07, 6.45) is 0. The molecule has 2 rings (SSSR count). The third-order valence-corrected chi connectivity index (χ3v) is 4.11. The van der Waals surface area contributed by atoms with E-state index in [9.17, 15) is 9.18 Å². The molecule has 98 valence electrons. The summed E-state index contributed by atoms with van der Waals surface area (Å²) in [7, 11) is 0. The summed E-state index contributed by atoms with van der Waals surface area (Å²) in [6, 6.07) is 7.21. The summed E-state index contributed by atoms with van der Waals surface area (Å²) in [5, 5.41) is 8.95. The van der Waals surface area contributed by atoms with Crippen LogP contribution in [0.15, 0.2) is 34.8 Å². The summed E-state index contributed by atoms with van der Waals surface area (Å²) in [4.78, 5) is 10.8. The molecule has 6 heteroatoms. The minimum atomic E-state index is -1.09. The molecule has 0 fully saturated rings. The summed E-state index contributed by atoms with van der Waals surface area (Å²) < 4.78 is 14.5. The quantitative estimate of drug-likeness (QED) is 0.739. The lowest BCUT2D eigenvalue weighted by atomic mass is 10.0. The van der Waals surface area contributed by atoms with E-state index < -0.39 is 11.8 Å². The SMILES string of the molecule is O=C(O)c1ccc(-c2ccc(Br)c(Cl)c2F)c(Cl)c1. The van der Waals surface area contributed by atoms with Gasteiger partial charge in [-0.2, -0.15) is 0 Å². The number of hydrogen-bond acceptors (Lipinski definition) is 1. The van der Waals surface area contributed by atoms with Crippen LogP contribution in [-0.2, 0) is 0 Å². The van der Waals surface area contributed by atoms with E-state index in [1.807, 2.05) is 0 Å².